The van der Waals surface area contributed by atoms with E-state index in [1.54, 1.807) is 0 Å². The van der Waals surface area contributed by atoms with Crippen LogP contribution in [-0.2, 0) is 4.79 Å². The number of benzene rings is 1. The molecule has 1 unspecified atom stereocenters. The number of ether oxygens (including phenoxy) is 1. The lowest BCUT2D eigenvalue weighted by Gasteiger charge is -2.15. The fourth-order valence-corrected chi connectivity index (χ4v) is 2.17. The van der Waals surface area contributed by atoms with Gasteiger partial charge in [0, 0.05) is 6.54 Å². The summed E-state index contributed by atoms with van der Waals surface area (Å²) in [6, 6.07) is 7.34. The normalized spacial score (nSPS) is 15.0. The van der Waals surface area contributed by atoms with Gasteiger partial charge in [-0.3, -0.25) is 4.79 Å². The van der Waals surface area contributed by atoms with Crippen LogP contribution in [0.2, 0.25) is 0 Å². The number of rotatable bonds is 9. The van der Waals surface area contributed by atoms with E-state index in [-0.39, 0.29) is 31.0 Å². The maximum atomic E-state index is 11.7. The summed E-state index contributed by atoms with van der Waals surface area (Å²) in [6.45, 7) is 5.33. The minimum absolute atomic E-state index is 0. The maximum absolute atomic E-state index is 11.7. The fourth-order valence-electron chi connectivity index (χ4n) is 2.17. The van der Waals surface area contributed by atoms with Crippen molar-refractivity contribution >= 4 is 18.3 Å². The second kappa shape index (κ2) is 9.75. The molecule has 130 valence electrons. The van der Waals surface area contributed by atoms with Gasteiger partial charge >= 0.3 is 0 Å². The average molecular weight is 343 g/mol. The van der Waals surface area contributed by atoms with E-state index in [2.05, 4.69) is 10.6 Å². The Labute approximate surface area is 144 Å². The Bertz CT molecular complexity index is 492. The number of halogens is 1. The van der Waals surface area contributed by atoms with Crippen LogP contribution < -0.4 is 15.4 Å². The van der Waals surface area contributed by atoms with Gasteiger partial charge in [-0.25, -0.2) is 0 Å². The Morgan fingerprint density at radius 3 is 2.78 bits per heavy atom. The molecule has 1 amide bonds. The van der Waals surface area contributed by atoms with Gasteiger partial charge in [0.1, 0.15) is 5.75 Å². The minimum atomic E-state index is -0.733. The van der Waals surface area contributed by atoms with E-state index >= 15 is 0 Å². The number of amides is 1. The van der Waals surface area contributed by atoms with E-state index in [1.165, 1.54) is 12.8 Å². The highest BCUT2D eigenvalue weighted by molar-refractivity contribution is 5.85. The van der Waals surface area contributed by atoms with E-state index < -0.39 is 6.10 Å². The predicted octanol–water partition coefficient (Wildman–Crippen LogP) is 2.04. The van der Waals surface area contributed by atoms with Crippen molar-refractivity contribution in [1.29, 1.82) is 0 Å². The highest BCUT2D eigenvalue weighted by Crippen LogP contribution is 2.27. The molecule has 0 heterocycles. The Balaban J connectivity index is 0.00000264. The largest absolute Gasteiger partial charge is 0.491 e. The summed E-state index contributed by atoms with van der Waals surface area (Å²) in [5, 5.41) is 16.0. The molecule has 0 radical (unpaired) electrons. The summed E-state index contributed by atoms with van der Waals surface area (Å²) in [5.74, 6) is 1.39. The summed E-state index contributed by atoms with van der Waals surface area (Å²) in [6.07, 6.45) is 1.89. The molecule has 1 aliphatic carbocycles. The van der Waals surface area contributed by atoms with Crippen LogP contribution >= 0.6 is 12.4 Å². The lowest BCUT2D eigenvalue weighted by Crippen LogP contribution is -2.36. The highest BCUT2D eigenvalue weighted by Gasteiger charge is 2.20. The quantitative estimate of drug-likeness (QED) is 0.642. The third-order valence-corrected chi connectivity index (χ3v) is 3.52. The summed E-state index contributed by atoms with van der Waals surface area (Å²) in [7, 11) is 0. The molecule has 0 aliphatic heterocycles. The van der Waals surface area contributed by atoms with Crippen LogP contribution in [0.15, 0.2) is 24.3 Å². The first-order valence-electron chi connectivity index (χ1n) is 7.96. The molecule has 2 rings (SSSR count). The number of hydrogen-bond acceptors (Lipinski definition) is 4. The molecule has 0 saturated heterocycles. The van der Waals surface area contributed by atoms with Crippen LogP contribution in [0.3, 0.4) is 0 Å². The topological polar surface area (TPSA) is 70.6 Å². The van der Waals surface area contributed by atoms with Gasteiger partial charge in [-0.1, -0.05) is 12.1 Å². The molecule has 1 aliphatic rings. The molecule has 5 nitrogen and oxygen atoms in total. The van der Waals surface area contributed by atoms with Crippen LogP contribution in [0, 0.1) is 5.92 Å². The van der Waals surface area contributed by atoms with Crippen LogP contribution in [0.4, 0.5) is 0 Å². The smallest absolute Gasteiger partial charge is 0.234 e. The zero-order valence-electron chi connectivity index (χ0n) is 13.7. The number of carbonyl (C=O) groups excluding carboxylic acids is 1. The van der Waals surface area contributed by atoms with Gasteiger partial charge in [0.25, 0.3) is 0 Å². The molecular weight excluding hydrogens is 316 g/mol. The fraction of sp³-hybridized carbons (Fsp3) is 0.588. The second-order valence-electron chi connectivity index (χ2n) is 6.13. The Morgan fingerprint density at radius 2 is 2.13 bits per heavy atom. The summed E-state index contributed by atoms with van der Waals surface area (Å²) in [4.78, 5) is 11.7. The van der Waals surface area contributed by atoms with Gasteiger partial charge in [0.05, 0.1) is 18.8 Å². The second-order valence-corrected chi connectivity index (χ2v) is 6.13. The van der Waals surface area contributed by atoms with E-state index in [9.17, 15) is 9.90 Å². The Morgan fingerprint density at radius 1 is 1.39 bits per heavy atom. The lowest BCUT2D eigenvalue weighted by molar-refractivity contribution is -0.120. The molecular formula is C17H27ClN2O3. The first-order valence-corrected chi connectivity index (χ1v) is 7.96. The van der Waals surface area contributed by atoms with Crippen molar-refractivity contribution < 1.29 is 14.6 Å². The van der Waals surface area contributed by atoms with E-state index in [0.29, 0.717) is 6.54 Å². The van der Waals surface area contributed by atoms with Gasteiger partial charge < -0.3 is 20.5 Å². The third-order valence-electron chi connectivity index (χ3n) is 3.52. The van der Waals surface area contributed by atoms with Crippen molar-refractivity contribution in [1.82, 2.24) is 10.6 Å². The Hall–Kier alpha value is -1.30. The molecule has 3 N–H and O–H groups in total. The maximum Gasteiger partial charge on any atom is 0.234 e. The molecule has 1 aromatic carbocycles. The lowest BCUT2D eigenvalue weighted by atomic mass is 10.1. The summed E-state index contributed by atoms with van der Waals surface area (Å²) < 4.78 is 5.60. The molecule has 0 spiro atoms. The predicted molar refractivity (Wildman–Crippen MR) is 93.0 cm³/mol. The molecule has 1 aromatic rings. The van der Waals surface area contributed by atoms with Crippen LogP contribution in [0.1, 0.15) is 38.4 Å². The molecule has 1 saturated carbocycles. The first kappa shape index (κ1) is 19.7. The van der Waals surface area contributed by atoms with Crippen LogP contribution in [0.25, 0.3) is 0 Å². The molecule has 0 aromatic heterocycles. The number of hydrogen-bond donors (Lipinski definition) is 3. The van der Waals surface area contributed by atoms with E-state index in [4.69, 9.17) is 4.74 Å². The van der Waals surface area contributed by atoms with Crippen molar-refractivity contribution in [2.75, 3.05) is 19.6 Å². The van der Waals surface area contributed by atoms with Gasteiger partial charge in [0.2, 0.25) is 5.91 Å². The van der Waals surface area contributed by atoms with E-state index in [0.717, 1.165) is 23.8 Å². The molecule has 1 atom stereocenters. The summed E-state index contributed by atoms with van der Waals surface area (Å²) in [5.41, 5.74) is 0.740. The number of aliphatic hydroxyl groups is 1. The number of nitrogens with one attached hydrogen (secondary N) is 2. The van der Waals surface area contributed by atoms with Crippen molar-refractivity contribution in [2.24, 2.45) is 5.92 Å². The SMILES string of the molecule is CC(C)Oc1cccc(C(O)CNC(=O)CNCC2CC2)c1.Cl. The van der Waals surface area contributed by atoms with Crippen molar-refractivity contribution in [2.45, 2.75) is 38.9 Å². The van der Waals surface area contributed by atoms with E-state index in [1.807, 2.05) is 38.1 Å². The van der Waals surface area contributed by atoms with Crippen LogP contribution in [0.5, 0.6) is 5.75 Å². The zero-order valence-corrected chi connectivity index (χ0v) is 14.6. The monoisotopic (exact) mass is 342 g/mol. The molecule has 6 heteroatoms. The van der Waals surface area contributed by atoms with Gasteiger partial charge in [-0.05, 0) is 56.8 Å². The van der Waals surface area contributed by atoms with Gasteiger partial charge in [-0.2, -0.15) is 0 Å². The standard InChI is InChI=1S/C17H26N2O3.ClH/c1-12(2)22-15-5-3-4-14(8-15)16(20)10-19-17(21)11-18-9-13-6-7-13;/h3-5,8,12-13,16,18,20H,6-7,9-11H2,1-2H3,(H,19,21);1H. The number of aliphatic hydroxyl groups excluding tert-OH is 1. The van der Waals surface area contributed by atoms with Gasteiger partial charge in [-0.15, -0.1) is 12.4 Å². The number of carbonyl (C=O) groups is 1. The first-order chi connectivity index (χ1) is 10.5. The van der Waals surface area contributed by atoms with Crippen molar-refractivity contribution in [3.8, 4) is 5.75 Å². The minimum Gasteiger partial charge on any atom is -0.491 e. The highest BCUT2D eigenvalue weighted by atomic mass is 35.5. The molecule has 23 heavy (non-hydrogen) atoms. The Kier molecular flexibility index (Phi) is 8.37. The molecule has 0 bridgehead atoms. The average Bonchev–Trinajstić information content (AvgIpc) is 3.28. The summed E-state index contributed by atoms with van der Waals surface area (Å²) >= 11 is 0. The molecule has 1 fully saturated rings. The van der Waals surface area contributed by atoms with Gasteiger partial charge in [0.15, 0.2) is 0 Å². The van der Waals surface area contributed by atoms with Crippen molar-refractivity contribution in [3.05, 3.63) is 29.8 Å². The third kappa shape index (κ3) is 7.68. The van der Waals surface area contributed by atoms with Crippen LogP contribution in [-0.4, -0.2) is 36.8 Å². The van der Waals surface area contributed by atoms with Crippen molar-refractivity contribution in [3.63, 3.8) is 0 Å². The zero-order chi connectivity index (χ0) is 15.9.